The van der Waals surface area contributed by atoms with Gasteiger partial charge in [-0.2, -0.15) is 0 Å². The zero-order valence-electron chi connectivity index (χ0n) is 9.25. The zero-order valence-corrected chi connectivity index (χ0v) is 9.25. The van der Waals surface area contributed by atoms with Gasteiger partial charge < -0.3 is 14.0 Å². The van der Waals surface area contributed by atoms with Gasteiger partial charge in [0.15, 0.2) is 5.75 Å². The van der Waals surface area contributed by atoms with E-state index < -0.39 is 0 Å². The first-order valence-electron chi connectivity index (χ1n) is 4.87. The molecule has 0 aromatic carbocycles. The van der Waals surface area contributed by atoms with Gasteiger partial charge in [0.05, 0.1) is 32.8 Å². The van der Waals surface area contributed by atoms with Crippen molar-refractivity contribution in [3.05, 3.63) is 36.5 Å². The second kappa shape index (κ2) is 4.65. The molecule has 2 aromatic heterocycles. The van der Waals surface area contributed by atoms with E-state index in [-0.39, 0.29) is 0 Å². The van der Waals surface area contributed by atoms with Crippen LogP contribution in [0.3, 0.4) is 0 Å². The van der Waals surface area contributed by atoms with Gasteiger partial charge in [-0.05, 0) is 12.1 Å². The molecule has 5 nitrogen and oxygen atoms in total. The average Bonchev–Trinajstić information content (AvgIpc) is 2.81. The number of pyridine rings is 1. The highest BCUT2D eigenvalue weighted by molar-refractivity contribution is 5.34. The monoisotopic (exact) mass is 219 g/mol. The third-order valence-electron chi connectivity index (χ3n) is 2.20. The fourth-order valence-electron chi connectivity index (χ4n) is 1.42. The minimum atomic E-state index is 0.500. The van der Waals surface area contributed by atoms with Crippen molar-refractivity contribution in [1.29, 1.82) is 0 Å². The van der Waals surface area contributed by atoms with Crippen LogP contribution in [-0.2, 0) is 6.54 Å². The fourth-order valence-corrected chi connectivity index (χ4v) is 1.42. The molecule has 0 spiro atoms. The number of methoxy groups -OCH3 is 2. The van der Waals surface area contributed by atoms with Crippen molar-refractivity contribution in [3.63, 3.8) is 0 Å². The molecule has 0 aliphatic carbocycles. The second-order valence-electron chi connectivity index (χ2n) is 3.25. The van der Waals surface area contributed by atoms with Crippen LogP contribution in [0.5, 0.6) is 11.6 Å². The highest BCUT2D eigenvalue weighted by Gasteiger charge is 2.06. The lowest BCUT2D eigenvalue weighted by atomic mass is 10.3. The molecule has 16 heavy (non-hydrogen) atoms. The van der Waals surface area contributed by atoms with E-state index in [4.69, 9.17) is 9.47 Å². The number of hydrogen-bond acceptors (Lipinski definition) is 4. The number of aromatic nitrogens is 3. The Labute approximate surface area is 93.7 Å². The zero-order chi connectivity index (χ0) is 11.4. The van der Waals surface area contributed by atoms with Crippen molar-refractivity contribution in [3.8, 4) is 11.6 Å². The van der Waals surface area contributed by atoms with Gasteiger partial charge in [-0.3, -0.25) is 0 Å². The standard InChI is InChI=1S/C11H13N3O2/c1-15-10-4-3-9(13-11(10)16-2)7-14-6-5-12-8-14/h3-6,8H,7H2,1-2H3. The highest BCUT2D eigenvalue weighted by Crippen LogP contribution is 2.23. The van der Waals surface area contributed by atoms with Crippen LogP contribution in [0.2, 0.25) is 0 Å². The van der Waals surface area contributed by atoms with Gasteiger partial charge in [0.1, 0.15) is 0 Å². The predicted octanol–water partition coefficient (Wildman–Crippen LogP) is 1.34. The Morgan fingerprint density at radius 3 is 2.75 bits per heavy atom. The molecule has 84 valence electrons. The smallest absolute Gasteiger partial charge is 0.257 e. The second-order valence-corrected chi connectivity index (χ2v) is 3.25. The summed E-state index contributed by atoms with van der Waals surface area (Å²) in [6.07, 6.45) is 5.37. The van der Waals surface area contributed by atoms with Crippen LogP contribution in [0.25, 0.3) is 0 Å². The number of nitrogens with zero attached hydrogens (tertiary/aromatic N) is 3. The molecular formula is C11H13N3O2. The largest absolute Gasteiger partial charge is 0.491 e. The molecule has 0 amide bonds. The molecule has 5 heteroatoms. The van der Waals surface area contributed by atoms with Gasteiger partial charge in [0.25, 0.3) is 5.88 Å². The Balaban J connectivity index is 2.22. The van der Waals surface area contributed by atoms with E-state index in [0.717, 1.165) is 5.69 Å². The fraction of sp³-hybridized carbons (Fsp3) is 0.273. The lowest BCUT2D eigenvalue weighted by Gasteiger charge is -2.08. The van der Waals surface area contributed by atoms with Crippen LogP contribution in [0.4, 0.5) is 0 Å². The molecule has 2 rings (SSSR count). The topological polar surface area (TPSA) is 49.2 Å². The third-order valence-corrected chi connectivity index (χ3v) is 2.20. The summed E-state index contributed by atoms with van der Waals surface area (Å²) in [5, 5.41) is 0. The summed E-state index contributed by atoms with van der Waals surface area (Å²) >= 11 is 0. The van der Waals surface area contributed by atoms with E-state index >= 15 is 0 Å². The summed E-state index contributed by atoms with van der Waals surface area (Å²) in [6.45, 7) is 0.667. The Bertz CT molecular complexity index is 454. The van der Waals surface area contributed by atoms with E-state index in [9.17, 15) is 0 Å². The molecule has 0 unspecified atom stereocenters. The number of ether oxygens (including phenoxy) is 2. The summed E-state index contributed by atoms with van der Waals surface area (Å²) in [5.74, 6) is 1.14. The molecule has 0 N–H and O–H groups in total. The van der Waals surface area contributed by atoms with Crippen LogP contribution in [0.1, 0.15) is 5.69 Å². The Morgan fingerprint density at radius 2 is 2.12 bits per heavy atom. The summed E-state index contributed by atoms with van der Waals surface area (Å²) in [7, 11) is 3.17. The summed E-state index contributed by atoms with van der Waals surface area (Å²) in [4.78, 5) is 8.31. The molecule has 0 atom stereocenters. The van der Waals surface area contributed by atoms with Crippen LogP contribution in [-0.4, -0.2) is 28.8 Å². The van der Waals surface area contributed by atoms with Crippen molar-refractivity contribution >= 4 is 0 Å². The van der Waals surface area contributed by atoms with E-state index in [2.05, 4.69) is 9.97 Å². The Kier molecular flexibility index (Phi) is 3.05. The van der Waals surface area contributed by atoms with Crippen molar-refractivity contribution < 1.29 is 9.47 Å². The van der Waals surface area contributed by atoms with E-state index in [1.54, 1.807) is 26.7 Å². The van der Waals surface area contributed by atoms with Gasteiger partial charge in [-0.25, -0.2) is 9.97 Å². The molecule has 2 aromatic rings. The molecule has 0 fully saturated rings. The van der Waals surface area contributed by atoms with E-state index in [1.807, 2.05) is 22.9 Å². The Hall–Kier alpha value is -2.04. The number of hydrogen-bond donors (Lipinski definition) is 0. The Morgan fingerprint density at radius 1 is 1.25 bits per heavy atom. The van der Waals surface area contributed by atoms with Gasteiger partial charge in [-0.15, -0.1) is 0 Å². The van der Waals surface area contributed by atoms with Crippen molar-refractivity contribution in [2.45, 2.75) is 6.54 Å². The van der Waals surface area contributed by atoms with Crippen LogP contribution in [0.15, 0.2) is 30.9 Å². The minimum Gasteiger partial charge on any atom is -0.491 e. The normalized spacial score (nSPS) is 10.1. The number of rotatable bonds is 4. The predicted molar refractivity (Wildman–Crippen MR) is 58.7 cm³/mol. The molecule has 2 heterocycles. The van der Waals surface area contributed by atoms with Crippen LogP contribution >= 0.6 is 0 Å². The molecule has 0 aliphatic rings. The molecule has 0 aliphatic heterocycles. The van der Waals surface area contributed by atoms with Gasteiger partial charge >= 0.3 is 0 Å². The van der Waals surface area contributed by atoms with Gasteiger partial charge in [-0.1, -0.05) is 0 Å². The first kappa shape index (κ1) is 10.5. The van der Waals surface area contributed by atoms with E-state index in [1.165, 1.54) is 0 Å². The molecular weight excluding hydrogens is 206 g/mol. The maximum absolute atomic E-state index is 5.14. The van der Waals surface area contributed by atoms with Crippen LogP contribution in [0, 0.1) is 0 Å². The molecule has 0 saturated carbocycles. The average molecular weight is 219 g/mol. The van der Waals surface area contributed by atoms with Gasteiger partial charge in [0.2, 0.25) is 0 Å². The number of imidazole rings is 1. The van der Waals surface area contributed by atoms with Gasteiger partial charge in [0, 0.05) is 12.4 Å². The van der Waals surface area contributed by atoms with Crippen molar-refractivity contribution in [1.82, 2.24) is 14.5 Å². The molecule has 0 saturated heterocycles. The van der Waals surface area contributed by atoms with Crippen molar-refractivity contribution in [2.24, 2.45) is 0 Å². The highest BCUT2D eigenvalue weighted by atomic mass is 16.5. The molecule has 0 radical (unpaired) electrons. The lowest BCUT2D eigenvalue weighted by Crippen LogP contribution is -2.01. The summed E-state index contributed by atoms with van der Waals surface area (Å²) in [6, 6.07) is 3.75. The third kappa shape index (κ3) is 2.13. The minimum absolute atomic E-state index is 0.500. The first-order valence-corrected chi connectivity index (χ1v) is 4.87. The summed E-state index contributed by atoms with van der Waals surface area (Å²) < 4.78 is 12.2. The van der Waals surface area contributed by atoms with Crippen molar-refractivity contribution in [2.75, 3.05) is 14.2 Å². The SMILES string of the molecule is COc1ccc(Cn2ccnc2)nc1OC. The maximum Gasteiger partial charge on any atom is 0.257 e. The maximum atomic E-state index is 5.14. The lowest BCUT2D eigenvalue weighted by molar-refractivity contribution is 0.341. The summed E-state index contributed by atoms with van der Waals surface area (Å²) in [5.41, 5.74) is 0.899. The van der Waals surface area contributed by atoms with E-state index in [0.29, 0.717) is 18.2 Å². The first-order chi connectivity index (χ1) is 7.83. The quantitative estimate of drug-likeness (QED) is 0.778. The molecule has 0 bridgehead atoms. The van der Waals surface area contributed by atoms with Crippen LogP contribution < -0.4 is 9.47 Å².